The maximum atomic E-state index is 5.47. The van der Waals surface area contributed by atoms with Crippen molar-refractivity contribution in [2.45, 2.75) is 25.5 Å². The van der Waals surface area contributed by atoms with Crippen LogP contribution in [-0.2, 0) is 16.0 Å². The van der Waals surface area contributed by atoms with Crippen molar-refractivity contribution in [3.05, 3.63) is 11.7 Å². The molecule has 0 spiro atoms. The lowest BCUT2D eigenvalue weighted by Gasteiger charge is -2.01. The van der Waals surface area contributed by atoms with E-state index in [0.29, 0.717) is 24.9 Å². The first kappa shape index (κ1) is 11.5. The van der Waals surface area contributed by atoms with Gasteiger partial charge in [-0.05, 0) is 12.8 Å². The van der Waals surface area contributed by atoms with Gasteiger partial charge in [-0.3, -0.25) is 0 Å². The summed E-state index contributed by atoms with van der Waals surface area (Å²) in [5.41, 5.74) is 0. The number of hydrogen-bond acceptors (Lipinski definition) is 6. The molecule has 1 fully saturated rings. The van der Waals surface area contributed by atoms with E-state index in [4.69, 9.17) is 14.0 Å². The molecule has 6 nitrogen and oxygen atoms in total. The highest BCUT2D eigenvalue weighted by Crippen LogP contribution is 2.25. The van der Waals surface area contributed by atoms with Gasteiger partial charge < -0.3 is 19.3 Å². The summed E-state index contributed by atoms with van der Waals surface area (Å²) in [6.45, 7) is 2.81. The van der Waals surface area contributed by atoms with Gasteiger partial charge in [0.2, 0.25) is 11.7 Å². The lowest BCUT2D eigenvalue weighted by Crippen LogP contribution is -2.18. The third-order valence-electron chi connectivity index (χ3n) is 2.46. The van der Waals surface area contributed by atoms with Gasteiger partial charge in [-0.2, -0.15) is 4.98 Å². The third kappa shape index (κ3) is 3.01. The summed E-state index contributed by atoms with van der Waals surface area (Å²) in [4.78, 5) is 4.28. The highest BCUT2D eigenvalue weighted by atomic mass is 16.5. The number of aromatic nitrogens is 2. The predicted octanol–water partition coefficient (Wildman–Crippen LogP) is 0.657. The molecule has 0 radical (unpaired) electrons. The molecule has 1 aromatic rings. The Morgan fingerprint density at radius 3 is 3.25 bits per heavy atom. The lowest BCUT2D eigenvalue weighted by molar-refractivity contribution is 0.103. The van der Waals surface area contributed by atoms with E-state index in [1.54, 1.807) is 7.11 Å². The standard InChI is InChI=1S/C10H17N3O3/c1-14-6-4-11-7-9-12-10(13-16-9)8-3-2-5-15-8/h8,11H,2-7H2,1H3. The van der Waals surface area contributed by atoms with Crippen LogP contribution in [0.15, 0.2) is 4.52 Å². The Morgan fingerprint density at radius 2 is 2.50 bits per heavy atom. The second-order valence-electron chi connectivity index (χ2n) is 3.72. The predicted molar refractivity (Wildman–Crippen MR) is 55.8 cm³/mol. The SMILES string of the molecule is COCCNCc1nc(C2CCCO2)no1. The Morgan fingerprint density at radius 1 is 1.56 bits per heavy atom. The summed E-state index contributed by atoms with van der Waals surface area (Å²) in [5.74, 6) is 1.27. The minimum absolute atomic E-state index is 0.0245. The molecule has 1 saturated heterocycles. The molecule has 16 heavy (non-hydrogen) atoms. The summed E-state index contributed by atoms with van der Waals surface area (Å²) >= 11 is 0. The van der Waals surface area contributed by atoms with Crippen LogP contribution in [0.2, 0.25) is 0 Å². The number of hydrogen-bond donors (Lipinski definition) is 1. The quantitative estimate of drug-likeness (QED) is 0.720. The van der Waals surface area contributed by atoms with E-state index in [-0.39, 0.29) is 6.10 Å². The van der Waals surface area contributed by atoms with E-state index in [0.717, 1.165) is 26.0 Å². The van der Waals surface area contributed by atoms with Crippen LogP contribution in [0.3, 0.4) is 0 Å². The monoisotopic (exact) mass is 227 g/mol. The molecule has 0 aliphatic carbocycles. The van der Waals surface area contributed by atoms with Crippen molar-refractivity contribution in [2.75, 3.05) is 26.9 Å². The van der Waals surface area contributed by atoms with Crippen LogP contribution >= 0.6 is 0 Å². The van der Waals surface area contributed by atoms with Crippen LogP contribution in [0.5, 0.6) is 0 Å². The van der Waals surface area contributed by atoms with E-state index in [9.17, 15) is 0 Å². The van der Waals surface area contributed by atoms with E-state index in [2.05, 4.69) is 15.5 Å². The van der Waals surface area contributed by atoms with Crippen LogP contribution in [-0.4, -0.2) is 37.0 Å². The molecule has 0 aromatic carbocycles. The first-order chi connectivity index (χ1) is 7.90. The zero-order valence-corrected chi connectivity index (χ0v) is 9.44. The molecule has 0 saturated carbocycles. The fraction of sp³-hybridized carbons (Fsp3) is 0.800. The lowest BCUT2D eigenvalue weighted by atomic mass is 10.2. The number of nitrogens with zero attached hydrogens (tertiary/aromatic N) is 2. The first-order valence-corrected chi connectivity index (χ1v) is 5.54. The molecule has 1 aliphatic rings. The summed E-state index contributed by atoms with van der Waals surface area (Å²) in [7, 11) is 1.67. The fourth-order valence-corrected chi connectivity index (χ4v) is 1.62. The smallest absolute Gasteiger partial charge is 0.240 e. The summed E-state index contributed by atoms with van der Waals surface area (Å²) < 4.78 is 15.5. The number of rotatable bonds is 6. The Balaban J connectivity index is 1.77. The van der Waals surface area contributed by atoms with Crippen molar-refractivity contribution in [1.82, 2.24) is 15.5 Å². The maximum Gasteiger partial charge on any atom is 0.240 e. The Labute approximate surface area is 94.3 Å². The van der Waals surface area contributed by atoms with Gasteiger partial charge in [0.05, 0.1) is 13.2 Å². The molecule has 1 atom stereocenters. The molecule has 6 heteroatoms. The molecule has 90 valence electrons. The topological polar surface area (TPSA) is 69.4 Å². The van der Waals surface area contributed by atoms with Crippen LogP contribution in [0.25, 0.3) is 0 Å². The van der Waals surface area contributed by atoms with Gasteiger partial charge in [-0.1, -0.05) is 5.16 Å². The zero-order valence-electron chi connectivity index (χ0n) is 9.44. The minimum Gasteiger partial charge on any atom is -0.383 e. The van der Waals surface area contributed by atoms with Gasteiger partial charge in [-0.25, -0.2) is 0 Å². The van der Waals surface area contributed by atoms with Gasteiger partial charge >= 0.3 is 0 Å². The van der Waals surface area contributed by atoms with Crippen LogP contribution in [0.1, 0.15) is 30.7 Å². The number of methoxy groups -OCH3 is 1. The van der Waals surface area contributed by atoms with E-state index in [1.165, 1.54) is 0 Å². The Kier molecular flexibility index (Phi) is 4.26. The number of nitrogens with one attached hydrogen (secondary N) is 1. The van der Waals surface area contributed by atoms with Gasteiger partial charge in [-0.15, -0.1) is 0 Å². The molecule has 2 rings (SSSR count). The molecule has 0 amide bonds. The van der Waals surface area contributed by atoms with Crippen molar-refractivity contribution in [2.24, 2.45) is 0 Å². The van der Waals surface area contributed by atoms with Crippen LogP contribution in [0.4, 0.5) is 0 Å². The second kappa shape index (κ2) is 5.93. The Bertz CT molecular complexity index is 310. The number of ether oxygens (including phenoxy) is 2. The third-order valence-corrected chi connectivity index (χ3v) is 2.46. The van der Waals surface area contributed by atoms with Gasteiger partial charge in [0, 0.05) is 20.3 Å². The second-order valence-corrected chi connectivity index (χ2v) is 3.72. The largest absolute Gasteiger partial charge is 0.383 e. The summed E-state index contributed by atoms with van der Waals surface area (Å²) in [6.07, 6.45) is 2.08. The Hall–Kier alpha value is -0.980. The van der Waals surface area contributed by atoms with Gasteiger partial charge in [0.15, 0.2) is 0 Å². The molecule has 0 bridgehead atoms. The van der Waals surface area contributed by atoms with Gasteiger partial charge in [0.25, 0.3) is 0 Å². The van der Waals surface area contributed by atoms with Crippen molar-refractivity contribution >= 4 is 0 Å². The fourth-order valence-electron chi connectivity index (χ4n) is 1.62. The molecule has 2 heterocycles. The van der Waals surface area contributed by atoms with Crippen LogP contribution in [0, 0.1) is 0 Å². The summed E-state index contributed by atoms with van der Waals surface area (Å²) in [5, 5.41) is 7.06. The molecular weight excluding hydrogens is 210 g/mol. The van der Waals surface area contributed by atoms with E-state index < -0.39 is 0 Å². The van der Waals surface area contributed by atoms with Crippen molar-refractivity contribution in [3.8, 4) is 0 Å². The molecule has 1 unspecified atom stereocenters. The van der Waals surface area contributed by atoms with E-state index in [1.807, 2.05) is 0 Å². The maximum absolute atomic E-state index is 5.47. The normalized spacial score (nSPS) is 20.4. The average molecular weight is 227 g/mol. The molecule has 1 aromatic heterocycles. The molecule has 1 N–H and O–H groups in total. The summed E-state index contributed by atoms with van der Waals surface area (Å²) in [6, 6.07) is 0. The van der Waals surface area contributed by atoms with Crippen LogP contribution < -0.4 is 5.32 Å². The van der Waals surface area contributed by atoms with Crippen molar-refractivity contribution in [3.63, 3.8) is 0 Å². The highest BCUT2D eigenvalue weighted by molar-refractivity contribution is 4.92. The molecule has 1 aliphatic heterocycles. The van der Waals surface area contributed by atoms with E-state index >= 15 is 0 Å². The molecular formula is C10H17N3O3. The first-order valence-electron chi connectivity index (χ1n) is 5.54. The van der Waals surface area contributed by atoms with Crippen molar-refractivity contribution in [1.29, 1.82) is 0 Å². The zero-order chi connectivity index (χ0) is 11.2. The van der Waals surface area contributed by atoms with Gasteiger partial charge in [0.1, 0.15) is 6.10 Å². The van der Waals surface area contributed by atoms with Crippen molar-refractivity contribution < 1.29 is 14.0 Å². The highest BCUT2D eigenvalue weighted by Gasteiger charge is 2.22. The average Bonchev–Trinajstić information content (AvgIpc) is 2.94. The minimum atomic E-state index is 0.0245.